The summed E-state index contributed by atoms with van der Waals surface area (Å²) < 4.78 is 13.7. The van der Waals surface area contributed by atoms with E-state index in [9.17, 15) is 18.8 Å². The number of β-lactam (4-membered cyclic amide) rings is 1. The molecule has 1 saturated heterocycles. The Balaban J connectivity index is 1.65. The number of fused-ring (bicyclic) bond motifs is 1. The van der Waals surface area contributed by atoms with Crippen molar-refractivity contribution in [2.75, 3.05) is 4.90 Å². The zero-order valence-electron chi connectivity index (χ0n) is 17.6. The third kappa shape index (κ3) is 3.46. The van der Waals surface area contributed by atoms with E-state index in [0.717, 1.165) is 4.90 Å². The highest BCUT2D eigenvalue weighted by Gasteiger charge is 2.58. The predicted octanol–water partition coefficient (Wildman–Crippen LogP) is 7.15. The van der Waals surface area contributed by atoms with Gasteiger partial charge in [0, 0.05) is 10.7 Å². The molecule has 0 aliphatic carbocycles. The Morgan fingerprint density at radius 1 is 0.714 bits per heavy atom. The molecule has 3 amide bonds. The number of imide groups is 1. The van der Waals surface area contributed by atoms with E-state index in [-0.39, 0.29) is 31.2 Å². The molecule has 0 N–H and O–H groups in total. The van der Waals surface area contributed by atoms with Gasteiger partial charge in [-0.05, 0) is 42.3 Å². The number of benzene rings is 3. The van der Waals surface area contributed by atoms with Crippen molar-refractivity contribution in [3.8, 4) is 0 Å². The summed E-state index contributed by atoms with van der Waals surface area (Å²) in [5.74, 6) is -2.68. The van der Waals surface area contributed by atoms with Gasteiger partial charge in [-0.3, -0.25) is 19.3 Å². The Labute approximate surface area is 223 Å². The fourth-order valence-electron chi connectivity index (χ4n) is 4.46. The molecule has 0 saturated carbocycles. The molecule has 0 radical (unpaired) electrons. The second-order valence-corrected chi connectivity index (χ2v) is 9.94. The van der Waals surface area contributed by atoms with E-state index in [2.05, 4.69) is 0 Å². The van der Waals surface area contributed by atoms with Crippen molar-refractivity contribution >= 4 is 81.4 Å². The average molecular weight is 573 g/mol. The minimum atomic E-state index is -1.25. The van der Waals surface area contributed by atoms with E-state index >= 15 is 0 Å². The second-order valence-electron chi connectivity index (χ2n) is 8.02. The van der Waals surface area contributed by atoms with Crippen molar-refractivity contribution in [2.24, 2.45) is 0 Å². The number of nitrogens with zero attached hydrogens (tertiary/aromatic N) is 2. The number of carbonyl (C=O) groups is 3. The molecule has 11 heteroatoms. The molecule has 3 aromatic carbocycles. The van der Waals surface area contributed by atoms with E-state index in [0.29, 0.717) is 21.8 Å². The lowest BCUT2D eigenvalue weighted by molar-refractivity contribution is -0.130. The highest BCUT2D eigenvalue weighted by Crippen LogP contribution is 2.49. The SMILES string of the molecule is Cc1c(Cl)cccc1N1C(=O)[C@H](N2C(=O)c3c(Cl)c(Cl)c(Cl)c(Cl)c3C2=O)[C@@H]1c1ccc(F)cc1. The summed E-state index contributed by atoms with van der Waals surface area (Å²) in [6.07, 6.45) is 0. The van der Waals surface area contributed by atoms with Gasteiger partial charge in [0.2, 0.25) is 0 Å². The first-order chi connectivity index (χ1) is 16.6. The summed E-state index contributed by atoms with van der Waals surface area (Å²) in [5, 5.41) is -0.383. The van der Waals surface area contributed by atoms with Crippen LogP contribution in [-0.2, 0) is 4.79 Å². The number of anilines is 1. The van der Waals surface area contributed by atoms with Gasteiger partial charge in [-0.15, -0.1) is 0 Å². The summed E-state index contributed by atoms with van der Waals surface area (Å²) in [6.45, 7) is 1.74. The zero-order valence-corrected chi connectivity index (χ0v) is 21.4. The van der Waals surface area contributed by atoms with Gasteiger partial charge in [-0.25, -0.2) is 4.39 Å². The Kier molecular flexibility index (Phi) is 6.01. The third-order valence-corrected chi connectivity index (χ3v) is 8.40. The van der Waals surface area contributed by atoms with Gasteiger partial charge in [0.1, 0.15) is 11.9 Å². The van der Waals surface area contributed by atoms with Gasteiger partial charge in [0.25, 0.3) is 17.7 Å². The lowest BCUT2D eigenvalue weighted by Gasteiger charge is -2.50. The van der Waals surface area contributed by atoms with Crippen LogP contribution in [0.15, 0.2) is 42.5 Å². The molecule has 0 unspecified atom stereocenters. The minimum Gasteiger partial charge on any atom is -0.300 e. The average Bonchev–Trinajstić information content (AvgIpc) is 3.08. The maximum Gasteiger partial charge on any atom is 0.264 e. The molecule has 3 aromatic rings. The first kappa shape index (κ1) is 24.3. The molecule has 178 valence electrons. The largest absolute Gasteiger partial charge is 0.300 e. The van der Waals surface area contributed by atoms with Crippen LogP contribution in [0.1, 0.15) is 37.9 Å². The lowest BCUT2D eigenvalue weighted by atomic mass is 9.85. The monoisotopic (exact) mass is 570 g/mol. The van der Waals surface area contributed by atoms with Crippen LogP contribution in [0.4, 0.5) is 10.1 Å². The minimum absolute atomic E-state index is 0.175. The smallest absolute Gasteiger partial charge is 0.264 e. The summed E-state index contributed by atoms with van der Waals surface area (Å²) in [6, 6.07) is 8.40. The Morgan fingerprint density at radius 2 is 1.26 bits per heavy atom. The molecule has 5 nitrogen and oxygen atoms in total. The third-order valence-electron chi connectivity index (χ3n) is 6.19. The Bertz CT molecular complexity index is 1410. The molecule has 2 aliphatic heterocycles. The van der Waals surface area contributed by atoms with Crippen molar-refractivity contribution in [1.82, 2.24) is 4.90 Å². The number of carbonyl (C=O) groups excluding carboxylic acids is 3. The quantitative estimate of drug-likeness (QED) is 0.145. The maximum absolute atomic E-state index is 13.7. The summed E-state index contributed by atoms with van der Waals surface area (Å²) in [4.78, 5) is 42.6. The fourth-order valence-corrected chi connectivity index (χ4v) is 5.65. The van der Waals surface area contributed by atoms with Crippen molar-refractivity contribution in [2.45, 2.75) is 19.0 Å². The molecular weight excluding hydrogens is 561 g/mol. The van der Waals surface area contributed by atoms with Gasteiger partial charge in [0.05, 0.1) is 37.3 Å². The molecule has 1 fully saturated rings. The topological polar surface area (TPSA) is 57.7 Å². The van der Waals surface area contributed by atoms with Gasteiger partial charge in [-0.2, -0.15) is 0 Å². The molecule has 5 rings (SSSR count). The first-order valence-corrected chi connectivity index (χ1v) is 12.0. The summed E-state index contributed by atoms with van der Waals surface area (Å²) >= 11 is 31.0. The van der Waals surface area contributed by atoms with Crippen LogP contribution in [0.3, 0.4) is 0 Å². The molecule has 0 spiro atoms. The van der Waals surface area contributed by atoms with Gasteiger partial charge in [0.15, 0.2) is 0 Å². The molecular formula is C24H12Cl5FN2O3. The van der Waals surface area contributed by atoms with E-state index in [1.165, 1.54) is 29.2 Å². The van der Waals surface area contributed by atoms with Crippen LogP contribution in [0.2, 0.25) is 25.1 Å². The van der Waals surface area contributed by atoms with E-state index < -0.39 is 35.6 Å². The normalized spacial score (nSPS) is 19.3. The zero-order chi connectivity index (χ0) is 25.3. The van der Waals surface area contributed by atoms with Crippen LogP contribution in [0.25, 0.3) is 0 Å². The van der Waals surface area contributed by atoms with E-state index in [4.69, 9.17) is 58.0 Å². The van der Waals surface area contributed by atoms with Crippen LogP contribution < -0.4 is 4.90 Å². The summed E-state index contributed by atoms with van der Waals surface area (Å²) in [7, 11) is 0. The first-order valence-electron chi connectivity index (χ1n) is 10.1. The van der Waals surface area contributed by atoms with Crippen molar-refractivity contribution in [3.63, 3.8) is 0 Å². The molecule has 2 aliphatic rings. The van der Waals surface area contributed by atoms with Gasteiger partial charge >= 0.3 is 0 Å². The molecule has 2 heterocycles. The lowest BCUT2D eigenvalue weighted by Crippen LogP contribution is -2.67. The van der Waals surface area contributed by atoms with Crippen LogP contribution >= 0.6 is 58.0 Å². The molecule has 0 bridgehead atoms. The molecule has 35 heavy (non-hydrogen) atoms. The second kappa shape index (κ2) is 8.64. The van der Waals surface area contributed by atoms with Crippen LogP contribution in [0, 0.1) is 12.7 Å². The number of hydrogen-bond acceptors (Lipinski definition) is 3. The van der Waals surface area contributed by atoms with Crippen molar-refractivity contribution in [1.29, 1.82) is 0 Å². The van der Waals surface area contributed by atoms with E-state index in [1.54, 1.807) is 25.1 Å². The standard InChI is InChI=1S/C24H12Cl5FN2O3/c1-9-12(25)3-2-4-13(9)31-20(10-5-7-11(30)8-6-10)21(24(31)35)32-22(33)14-15(23(32)34)17(27)19(29)18(28)16(14)26/h2-8,20-21H,1H3/t20-,21+/m0/s1. The van der Waals surface area contributed by atoms with Crippen molar-refractivity contribution < 1.29 is 18.8 Å². The maximum atomic E-state index is 13.7. The number of halogens is 6. The highest BCUT2D eigenvalue weighted by molar-refractivity contribution is 6.55. The Hall–Kier alpha value is -2.35. The predicted molar refractivity (Wildman–Crippen MR) is 134 cm³/mol. The molecule has 0 aromatic heterocycles. The van der Waals surface area contributed by atoms with Crippen LogP contribution in [0.5, 0.6) is 0 Å². The number of rotatable bonds is 3. The van der Waals surface area contributed by atoms with E-state index in [1.807, 2.05) is 0 Å². The molecule has 2 atom stereocenters. The summed E-state index contributed by atoms with van der Waals surface area (Å²) in [5.41, 5.74) is 1.17. The highest BCUT2D eigenvalue weighted by atomic mass is 35.5. The number of amides is 3. The Morgan fingerprint density at radius 3 is 1.80 bits per heavy atom. The van der Waals surface area contributed by atoms with Crippen molar-refractivity contribution in [3.05, 3.63) is 95.6 Å². The van der Waals surface area contributed by atoms with Crippen LogP contribution in [-0.4, -0.2) is 28.7 Å². The fraction of sp³-hybridized carbons (Fsp3) is 0.125. The van der Waals surface area contributed by atoms with Gasteiger partial charge in [-0.1, -0.05) is 76.2 Å². The van der Waals surface area contributed by atoms with Gasteiger partial charge < -0.3 is 4.90 Å². The number of hydrogen-bond donors (Lipinski definition) is 0.